The lowest BCUT2D eigenvalue weighted by atomic mass is 10.3. The number of imidazole rings is 1. The van der Waals surface area contributed by atoms with E-state index in [0.717, 1.165) is 10.8 Å². The number of carbonyl (C=O) groups is 1. The number of amides is 1. The average Bonchev–Trinajstić information content (AvgIpc) is 3.17. The Bertz CT molecular complexity index is 756. The summed E-state index contributed by atoms with van der Waals surface area (Å²) >= 11 is 8.65. The summed E-state index contributed by atoms with van der Waals surface area (Å²) in [5, 5.41) is 6.59. The summed E-state index contributed by atoms with van der Waals surface area (Å²) in [7, 11) is 0. The zero-order valence-corrected chi connectivity index (χ0v) is 13.7. The largest absolute Gasteiger partial charge is 0.301 e. The van der Waals surface area contributed by atoms with Crippen molar-refractivity contribution in [3.05, 3.63) is 53.3 Å². The Kier molecular flexibility index (Phi) is 4.77. The maximum atomic E-state index is 11.9. The van der Waals surface area contributed by atoms with Crippen molar-refractivity contribution in [1.29, 1.82) is 0 Å². The van der Waals surface area contributed by atoms with Crippen LogP contribution in [0.1, 0.15) is 0 Å². The lowest BCUT2D eigenvalue weighted by molar-refractivity contribution is -0.113. The number of hydrogen-bond donors (Lipinski definition) is 1. The van der Waals surface area contributed by atoms with Crippen LogP contribution in [0.15, 0.2) is 53.4 Å². The highest BCUT2D eigenvalue weighted by molar-refractivity contribution is 7.99. The molecular weight excluding hydrogens is 340 g/mol. The number of aromatic nitrogens is 3. The van der Waals surface area contributed by atoms with Crippen LogP contribution >= 0.6 is 34.7 Å². The van der Waals surface area contributed by atoms with Gasteiger partial charge in [-0.05, 0) is 24.3 Å². The second-order valence-corrected chi connectivity index (χ2v) is 6.50. The number of halogens is 1. The normalized spacial score (nSPS) is 10.6. The van der Waals surface area contributed by atoms with E-state index in [1.165, 1.54) is 23.1 Å². The first-order valence-corrected chi connectivity index (χ1v) is 8.58. The third kappa shape index (κ3) is 3.68. The molecule has 3 rings (SSSR count). The van der Waals surface area contributed by atoms with Crippen LogP contribution in [0.2, 0.25) is 5.02 Å². The number of rotatable bonds is 5. The standard InChI is InChI=1S/C14H11ClN4OS2/c15-10-1-3-11(4-2-10)19-7-5-17-14(19)22-9-12(20)18-13-16-6-8-21-13/h1-8H,9H2,(H,16,18,20). The van der Waals surface area contributed by atoms with Gasteiger partial charge in [0.25, 0.3) is 0 Å². The van der Waals surface area contributed by atoms with Crippen LogP contribution in [-0.4, -0.2) is 26.2 Å². The van der Waals surface area contributed by atoms with Gasteiger partial charge in [0.1, 0.15) is 0 Å². The molecule has 1 aromatic carbocycles. The highest BCUT2D eigenvalue weighted by Gasteiger charge is 2.10. The molecule has 22 heavy (non-hydrogen) atoms. The van der Waals surface area contributed by atoms with Crippen molar-refractivity contribution in [2.75, 3.05) is 11.1 Å². The molecule has 8 heteroatoms. The first-order chi connectivity index (χ1) is 10.7. The number of carbonyl (C=O) groups excluding carboxylic acids is 1. The molecule has 3 aromatic rings. The predicted molar refractivity (Wildman–Crippen MR) is 90.0 cm³/mol. The quantitative estimate of drug-likeness (QED) is 0.712. The van der Waals surface area contributed by atoms with Crippen molar-refractivity contribution < 1.29 is 4.79 Å². The fourth-order valence-corrected chi connectivity index (χ4v) is 3.21. The molecule has 0 atom stereocenters. The van der Waals surface area contributed by atoms with Crippen LogP contribution in [0.5, 0.6) is 0 Å². The monoisotopic (exact) mass is 350 g/mol. The minimum Gasteiger partial charge on any atom is -0.301 e. The third-order valence-corrected chi connectivity index (χ3v) is 4.63. The van der Waals surface area contributed by atoms with Crippen LogP contribution in [0.3, 0.4) is 0 Å². The van der Waals surface area contributed by atoms with Crippen molar-refractivity contribution in [3.63, 3.8) is 0 Å². The smallest absolute Gasteiger partial charge is 0.236 e. The number of thiazole rings is 1. The Morgan fingerprint density at radius 2 is 2.09 bits per heavy atom. The zero-order valence-electron chi connectivity index (χ0n) is 11.3. The SMILES string of the molecule is O=C(CSc1nccn1-c1ccc(Cl)cc1)Nc1nccs1. The second-order valence-electron chi connectivity index (χ2n) is 4.23. The van der Waals surface area contributed by atoms with Gasteiger partial charge in [-0.1, -0.05) is 23.4 Å². The summed E-state index contributed by atoms with van der Waals surface area (Å²) in [6, 6.07) is 7.45. The molecule has 0 bridgehead atoms. The number of thioether (sulfide) groups is 1. The van der Waals surface area contributed by atoms with Crippen LogP contribution in [0.25, 0.3) is 5.69 Å². The van der Waals surface area contributed by atoms with Crippen LogP contribution in [0.4, 0.5) is 5.13 Å². The van der Waals surface area contributed by atoms with Gasteiger partial charge >= 0.3 is 0 Å². The van der Waals surface area contributed by atoms with E-state index in [1.807, 2.05) is 40.4 Å². The molecule has 1 amide bonds. The van der Waals surface area contributed by atoms with Crippen LogP contribution in [-0.2, 0) is 4.79 Å². The van der Waals surface area contributed by atoms with E-state index < -0.39 is 0 Å². The lowest BCUT2D eigenvalue weighted by Crippen LogP contribution is -2.14. The summed E-state index contributed by atoms with van der Waals surface area (Å²) < 4.78 is 1.91. The molecule has 5 nitrogen and oxygen atoms in total. The molecule has 0 unspecified atom stereocenters. The van der Waals surface area contributed by atoms with Gasteiger partial charge in [0, 0.05) is 34.7 Å². The van der Waals surface area contributed by atoms with E-state index in [4.69, 9.17) is 11.6 Å². The first-order valence-electron chi connectivity index (χ1n) is 6.34. The molecule has 0 saturated heterocycles. The number of benzene rings is 1. The molecule has 112 valence electrons. The predicted octanol–water partition coefficient (Wildman–Crippen LogP) is 3.71. The molecule has 0 aliphatic heterocycles. The molecule has 0 radical (unpaired) electrons. The van der Waals surface area contributed by atoms with Gasteiger partial charge in [-0.25, -0.2) is 9.97 Å². The Morgan fingerprint density at radius 3 is 2.82 bits per heavy atom. The maximum absolute atomic E-state index is 11.9. The number of nitrogens with one attached hydrogen (secondary N) is 1. The number of hydrogen-bond acceptors (Lipinski definition) is 5. The molecule has 1 N–H and O–H groups in total. The lowest BCUT2D eigenvalue weighted by Gasteiger charge is -2.07. The van der Waals surface area contributed by atoms with Crippen molar-refractivity contribution in [2.45, 2.75) is 5.16 Å². The van der Waals surface area contributed by atoms with Gasteiger partial charge in [-0.2, -0.15) is 0 Å². The molecular formula is C14H11ClN4OS2. The van der Waals surface area contributed by atoms with E-state index in [2.05, 4.69) is 15.3 Å². The summed E-state index contributed by atoms with van der Waals surface area (Å²) in [6.45, 7) is 0. The molecule has 0 aliphatic carbocycles. The van der Waals surface area contributed by atoms with E-state index in [-0.39, 0.29) is 11.7 Å². The fraction of sp³-hybridized carbons (Fsp3) is 0.0714. The topological polar surface area (TPSA) is 59.8 Å². The Balaban J connectivity index is 1.65. The molecule has 2 aromatic heterocycles. The van der Waals surface area contributed by atoms with Crippen LogP contribution < -0.4 is 5.32 Å². The number of nitrogens with zero attached hydrogens (tertiary/aromatic N) is 3. The van der Waals surface area contributed by atoms with E-state index in [1.54, 1.807) is 12.4 Å². The van der Waals surface area contributed by atoms with Crippen molar-refractivity contribution in [3.8, 4) is 5.69 Å². The Morgan fingerprint density at radius 1 is 1.27 bits per heavy atom. The van der Waals surface area contributed by atoms with Gasteiger partial charge in [-0.15, -0.1) is 11.3 Å². The van der Waals surface area contributed by atoms with E-state index in [0.29, 0.717) is 10.2 Å². The van der Waals surface area contributed by atoms with E-state index >= 15 is 0 Å². The summed E-state index contributed by atoms with van der Waals surface area (Å²) in [5.74, 6) is 0.162. The molecule has 0 fully saturated rings. The van der Waals surface area contributed by atoms with Gasteiger partial charge < -0.3 is 5.32 Å². The minimum atomic E-state index is -0.106. The first kappa shape index (κ1) is 15.1. The highest BCUT2D eigenvalue weighted by atomic mass is 35.5. The third-order valence-electron chi connectivity index (χ3n) is 2.72. The van der Waals surface area contributed by atoms with Gasteiger partial charge in [0.15, 0.2) is 10.3 Å². The minimum absolute atomic E-state index is 0.106. The Labute approximate surface area is 140 Å². The van der Waals surface area contributed by atoms with Crippen molar-refractivity contribution in [2.24, 2.45) is 0 Å². The number of anilines is 1. The van der Waals surface area contributed by atoms with Crippen molar-refractivity contribution in [1.82, 2.24) is 14.5 Å². The average molecular weight is 351 g/mol. The Hall–Kier alpha value is -1.83. The van der Waals surface area contributed by atoms with E-state index in [9.17, 15) is 4.79 Å². The van der Waals surface area contributed by atoms with Gasteiger partial charge in [0.2, 0.25) is 5.91 Å². The molecule has 0 spiro atoms. The van der Waals surface area contributed by atoms with Crippen LogP contribution in [0, 0.1) is 0 Å². The molecule has 2 heterocycles. The maximum Gasteiger partial charge on any atom is 0.236 e. The van der Waals surface area contributed by atoms with Crippen molar-refractivity contribution >= 4 is 45.7 Å². The summed E-state index contributed by atoms with van der Waals surface area (Å²) in [4.78, 5) is 20.2. The van der Waals surface area contributed by atoms with Gasteiger partial charge in [0.05, 0.1) is 5.75 Å². The molecule has 0 aliphatic rings. The van der Waals surface area contributed by atoms with Gasteiger partial charge in [-0.3, -0.25) is 9.36 Å². The highest BCUT2D eigenvalue weighted by Crippen LogP contribution is 2.22. The fourth-order valence-electron chi connectivity index (χ4n) is 1.77. The second kappa shape index (κ2) is 6.95. The zero-order chi connectivity index (χ0) is 15.4. The summed E-state index contributed by atoms with van der Waals surface area (Å²) in [5.41, 5.74) is 0.949. The molecule has 0 saturated carbocycles. The summed E-state index contributed by atoms with van der Waals surface area (Å²) in [6.07, 6.45) is 5.21.